The summed E-state index contributed by atoms with van der Waals surface area (Å²) in [5.41, 5.74) is 0. The van der Waals surface area contributed by atoms with E-state index in [0.29, 0.717) is 0 Å². The Morgan fingerprint density at radius 1 is 1.71 bits per heavy atom. The van der Waals surface area contributed by atoms with Crippen molar-refractivity contribution in [1.82, 2.24) is 0 Å². The molecule has 1 rings (SSSR count). The minimum atomic E-state index is -0.970. The number of esters is 1. The van der Waals surface area contributed by atoms with E-state index >= 15 is 0 Å². The molecule has 14 heavy (non-hydrogen) atoms. The molecule has 4 nitrogen and oxygen atoms in total. The van der Waals surface area contributed by atoms with E-state index in [0.717, 1.165) is 12.8 Å². The molecular weight excluding hydrogens is 184 g/mol. The van der Waals surface area contributed by atoms with Crippen molar-refractivity contribution in [2.45, 2.75) is 32.3 Å². The quantitative estimate of drug-likeness (QED) is 0.547. The first-order chi connectivity index (χ1) is 6.65. The second-order valence-electron chi connectivity index (χ2n) is 3.32. The molecule has 78 valence electrons. The van der Waals surface area contributed by atoms with Crippen LogP contribution in [0.5, 0.6) is 0 Å². The molecule has 1 saturated heterocycles. The van der Waals surface area contributed by atoms with Crippen LogP contribution in [0.25, 0.3) is 0 Å². The number of allylic oxidation sites excluding steroid dienone is 1. The number of unbranched alkanes of at least 4 members (excludes halogenated alkanes) is 1. The van der Waals surface area contributed by atoms with Crippen LogP contribution in [0.15, 0.2) is 12.2 Å². The average molecular weight is 198 g/mol. The fraction of sp³-hybridized carbons (Fsp3) is 0.600. The van der Waals surface area contributed by atoms with Gasteiger partial charge in [0.2, 0.25) is 0 Å². The summed E-state index contributed by atoms with van der Waals surface area (Å²) in [4.78, 5) is 21.6. The normalized spacial score (nSPS) is 26.8. The van der Waals surface area contributed by atoms with Gasteiger partial charge >= 0.3 is 11.9 Å². The molecule has 0 spiro atoms. The molecule has 0 aromatic carbocycles. The van der Waals surface area contributed by atoms with Crippen LogP contribution in [0.1, 0.15) is 26.2 Å². The highest BCUT2D eigenvalue weighted by molar-refractivity contribution is 5.82. The highest BCUT2D eigenvalue weighted by atomic mass is 16.6. The lowest BCUT2D eigenvalue weighted by molar-refractivity contribution is -0.142. The molecule has 1 heterocycles. The van der Waals surface area contributed by atoms with E-state index < -0.39 is 24.0 Å². The summed E-state index contributed by atoms with van der Waals surface area (Å²) in [6.45, 7) is 2.03. The second-order valence-corrected chi connectivity index (χ2v) is 3.32. The SMILES string of the molecule is CCC/C=C/[C@H]1OC(=O)C[C@H]1C(=O)O. The van der Waals surface area contributed by atoms with Crippen molar-refractivity contribution in [3.63, 3.8) is 0 Å². The van der Waals surface area contributed by atoms with Crippen LogP contribution in [-0.2, 0) is 14.3 Å². The largest absolute Gasteiger partial charge is 0.481 e. The maximum atomic E-state index is 10.9. The molecule has 0 aromatic rings. The Morgan fingerprint density at radius 2 is 2.43 bits per heavy atom. The monoisotopic (exact) mass is 198 g/mol. The first-order valence-corrected chi connectivity index (χ1v) is 4.74. The third-order valence-corrected chi connectivity index (χ3v) is 2.15. The van der Waals surface area contributed by atoms with Gasteiger partial charge in [0.05, 0.1) is 6.42 Å². The van der Waals surface area contributed by atoms with Gasteiger partial charge in [-0.1, -0.05) is 19.4 Å². The van der Waals surface area contributed by atoms with Gasteiger partial charge in [-0.05, 0) is 12.5 Å². The number of ether oxygens (including phenoxy) is 1. The van der Waals surface area contributed by atoms with Crippen molar-refractivity contribution in [2.75, 3.05) is 0 Å². The van der Waals surface area contributed by atoms with Gasteiger partial charge in [-0.15, -0.1) is 0 Å². The number of hydrogen-bond donors (Lipinski definition) is 1. The van der Waals surface area contributed by atoms with Gasteiger partial charge in [-0.2, -0.15) is 0 Å². The van der Waals surface area contributed by atoms with Crippen LogP contribution in [0.4, 0.5) is 0 Å². The molecular formula is C10H14O4. The zero-order chi connectivity index (χ0) is 10.6. The molecule has 0 amide bonds. The molecule has 0 radical (unpaired) electrons. The van der Waals surface area contributed by atoms with E-state index in [2.05, 4.69) is 0 Å². The maximum absolute atomic E-state index is 10.9. The summed E-state index contributed by atoms with van der Waals surface area (Å²) < 4.78 is 4.88. The van der Waals surface area contributed by atoms with Gasteiger partial charge in [-0.25, -0.2) is 0 Å². The predicted octanol–water partition coefficient (Wildman–Crippen LogP) is 1.36. The van der Waals surface area contributed by atoms with Crippen molar-refractivity contribution < 1.29 is 19.4 Å². The van der Waals surface area contributed by atoms with E-state index in [1.54, 1.807) is 6.08 Å². The molecule has 0 saturated carbocycles. The van der Waals surface area contributed by atoms with Crippen molar-refractivity contribution in [3.05, 3.63) is 12.2 Å². The number of carboxylic acids is 1. The van der Waals surface area contributed by atoms with Gasteiger partial charge in [0.15, 0.2) is 0 Å². The summed E-state index contributed by atoms with van der Waals surface area (Å²) in [6, 6.07) is 0. The van der Waals surface area contributed by atoms with Gasteiger partial charge in [0.1, 0.15) is 12.0 Å². The van der Waals surface area contributed by atoms with Crippen LogP contribution in [0, 0.1) is 5.92 Å². The maximum Gasteiger partial charge on any atom is 0.311 e. The highest BCUT2D eigenvalue weighted by Gasteiger charge is 2.38. The van der Waals surface area contributed by atoms with Crippen LogP contribution >= 0.6 is 0 Å². The minimum Gasteiger partial charge on any atom is -0.481 e. The Bertz CT molecular complexity index is 257. The molecule has 1 aliphatic rings. The second kappa shape index (κ2) is 4.79. The smallest absolute Gasteiger partial charge is 0.311 e. The third-order valence-electron chi connectivity index (χ3n) is 2.15. The first-order valence-electron chi connectivity index (χ1n) is 4.74. The van der Waals surface area contributed by atoms with Crippen molar-refractivity contribution in [3.8, 4) is 0 Å². The number of carboxylic acid groups (broad SMARTS) is 1. The van der Waals surface area contributed by atoms with E-state index in [1.165, 1.54) is 0 Å². The van der Waals surface area contributed by atoms with Gasteiger partial charge in [-0.3, -0.25) is 9.59 Å². The predicted molar refractivity (Wildman–Crippen MR) is 49.7 cm³/mol. The van der Waals surface area contributed by atoms with Gasteiger partial charge in [0, 0.05) is 0 Å². The van der Waals surface area contributed by atoms with E-state index in [-0.39, 0.29) is 6.42 Å². The fourth-order valence-electron chi connectivity index (χ4n) is 1.38. The molecule has 1 fully saturated rings. The minimum absolute atomic E-state index is 0.0174. The van der Waals surface area contributed by atoms with E-state index in [4.69, 9.17) is 9.84 Å². The molecule has 0 bridgehead atoms. The van der Waals surface area contributed by atoms with Gasteiger partial charge < -0.3 is 9.84 Å². The summed E-state index contributed by atoms with van der Waals surface area (Å²) in [5.74, 6) is -2.11. The fourth-order valence-corrected chi connectivity index (χ4v) is 1.38. The highest BCUT2D eigenvalue weighted by Crippen LogP contribution is 2.23. The van der Waals surface area contributed by atoms with Crippen molar-refractivity contribution in [1.29, 1.82) is 0 Å². The van der Waals surface area contributed by atoms with Crippen LogP contribution in [0.3, 0.4) is 0 Å². The molecule has 1 aliphatic heterocycles. The van der Waals surface area contributed by atoms with Crippen LogP contribution < -0.4 is 0 Å². The number of hydrogen-bond acceptors (Lipinski definition) is 3. The number of rotatable bonds is 4. The van der Waals surface area contributed by atoms with Crippen molar-refractivity contribution in [2.24, 2.45) is 5.92 Å². The summed E-state index contributed by atoms with van der Waals surface area (Å²) in [6.07, 6.45) is 4.81. The Labute approximate surface area is 82.6 Å². The van der Waals surface area contributed by atoms with Crippen molar-refractivity contribution >= 4 is 11.9 Å². The molecule has 1 N–H and O–H groups in total. The Balaban J connectivity index is 2.57. The molecule has 2 atom stereocenters. The number of carbonyl (C=O) groups excluding carboxylic acids is 1. The standard InChI is InChI=1S/C10H14O4/c1-2-3-4-5-8-7(10(12)13)6-9(11)14-8/h4-5,7-8H,2-3,6H2,1H3,(H,12,13)/b5-4+/t7-,8-/m1/s1. The summed E-state index contributed by atoms with van der Waals surface area (Å²) in [7, 11) is 0. The lowest BCUT2D eigenvalue weighted by Gasteiger charge is -2.08. The topological polar surface area (TPSA) is 63.6 Å². The lowest BCUT2D eigenvalue weighted by atomic mass is 10.0. The number of cyclic esters (lactones) is 1. The Hall–Kier alpha value is -1.32. The van der Waals surface area contributed by atoms with Crippen LogP contribution in [0.2, 0.25) is 0 Å². The average Bonchev–Trinajstić information content (AvgIpc) is 2.47. The number of carbonyl (C=O) groups is 2. The molecule has 0 unspecified atom stereocenters. The van der Waals surface area contributed by atoms with E-state index in [9.17, 15) is 9.59 Å². The van der Waals surface area contributed by atoms with Gasteiger partial charge in [0.25, 0.3) is 0 Å². The molecule has 0 aromatic heterocycles. The lowest BCUT2D eigenvalue weighted by Crippen LogP contribution is -2.21. The summed E-state index contributed by atoms with van der Waals surface area (Å²) >= 11 is 0. The molecule has 4 heteroatoms. The zero-order valence-corrected chi connectivity index (χ0v) is 8.10. The zero-order valence-electron chi connectivity index (χ0n) is 8.10. The van der Waals surface area contributed by atoms with Crippen LogP contribution in [-0.4, -0.2) is 23.1 Å². The Kier molecular flexibility index (Phi) is 3.68. The summed E-state index contributed by atoms with van der Waals surface area (Å²) in [5, 5.41) is 8.79. The third kappa shape index (κ3) is 2.58. The van der Waals surface area contributed by atoms with E-state index in [1.807, 2.05) is 13.0 Å². The Morgan fingerprint density at radius 3 is 3.00 bits per heavy atom. The number of aliphatic carboxylic acids is 1. The first kappa shape index (κ1) is 10.8. The molecule has 0 aliphatic carbocycles.